The first-order chi connectivity index (χ1) is 14.2. The molecule has 2 aromatic carbocycles. The van der Waals surface area contributed by atoms with Crippen LogP contribution in [0.15, 0.2) is 47.5 Å². The van der Waals surface area contributed by atoms with Crippen molar-refractivity contribution in [3.8, 4) is 11.5 Å². The lowest BCUT2D eigenvalue weighted by Gasteiger charge is -2.13. The molecular weight excluding hydrogens is 493 g/mol. The summed E-state index contributed by atoms with van der Waals surface area (Å²) in [4.78, 5) is 4.74. The molecule has 30 heavy (non-hydrogen) atoms. The summed E-state index contributed by atoms with van der Waals surface area (Å²) in [6, 6.07) is 14.3. The minimum atomic E-state index is 0. The van der Waals surface area contributed by atoms with E-state index in [0.717, 1.165) is 37.0 Å². The predicted octanol–water partition coefficient (Wildman–Crippen LogP) is 4.16. The van der Waals surface area contributed by atoms with Crippen molar-refractivity contribution >= 4 is 29.9 Å². The fourth-order valence-corrected chi connectivity index (χ4v) is 2.93. The van der Waals surface area contributed by atoms with Crippen LogP contribution in [-0.2, 0) is 24.3 Å². The highest BCUT2D eigenvalue weighted by Gasteiger charge is 2.06. The zero-order valence-electron chi connectivity index (χ0n) is 18.4. The second-order valence-electron chi connectivity index (χ2n) is 6.47. The number of benzene rings is 2. The maximum atomic E-state index is 5.56. The highest BCUT2D eigenvalue weighted by molar-refractivity contribution is 14.0. The fourth-order valence-electron chi connectivity index (χ4n) is 2.93. The van der Waals surface area contributed by atoms with E-state index < -0.39 is 0 Å². The van der Waals surface area contributed by atoms with Gasteiger partial charge in [0.15, 0.2) is 17.5 Å². The van der Waals surface area contributed by atoms with E-state index in [9.17, 15) is 0 Å². The molecular formula is C23H34IN3O3. The molecule has 7 heteroatoms. The molecule has 0 spiro atoms. The summed E-state index contributed by atoms with van der Waals surface area (Å²) in [6.07, 6.45) is 0.853. The lowest BCUT2D eigenvalue weighted by Crippen LogP contribution is -2.38. The Labute approximate surface area is 197 Å². The third kappa shape index (κ3) is 8.39. The first-order valence-corrected chi connectivity index (χ1v) is 10.1. The van der Waals surface area contributed by atoms with Crippen molar-refractivity contribution in [2.45, 2.75) is 33.4 Å². The van der Waals surface area contributed by atoms with Gasteiger partial charge in [-0.2, -0.15) is 0 Å². The Balaban J connectivity index is 0.00000450. The standard InChI is InChI=1S/C23H33N3O3.HI/c1-5-24-23(26-16-19-9-7-8-10-20(19)17-29-6-2)25-14-13-18-11-12-21(27-3)22(15-18)28-4;/h7-12,15H,5-6,13-14,16-17H2,1-4H3,(H2,24,25,26);1H. The molecule has 2 rings (SSSR count). The maximum absolute atomic E-state index is 5.56. The van der Waals surface area contributed by atoms with Crippen molar-refractivity contribution in [3.63, 3.8) is 0 Å². The number of nitrogens with zero attached hydrogens (tertiary/aromatic N) is 1. The Morgan fingerprint density at radius 3 is 2.33 bits per heavy atom. The Morgan fingerprint density at radius 1 is 0.933 bits per heavy atom. The molecule has 0 fully saturated rings. The molecule has 2 aromatic rings. The Bertz CT molecular complexity index is 784. The summed E-state index contributed by atoms with van der Waals surface area (Å²) < 4.78 is 16.2. The second kappa shape index (κ2) is 14.9. The van der Waals surface area contributed by atoms with Gasteiger partial charge in [0.1, 0.15) is 0 Å². The van der Waals surface area contributed by atoms with Crippen LogP contribution in [0.2, 0.25) is 0 Å². The third-order valence-corrected chi connectivity index (χ3v) is 4.49. The van der Waals surface area contributed by atoms with Gasteiger partial charge in [-0.3, -0.25) is 0 Å². The Hall–Kier alpha value is -2.00. The normalized spacial score (nSPS) is 10.9. The molecule has 0 heterocycles. The monoisotopic (exact) mass is 527 g/mol. The van der Waals surface area contributed by atoms with Crippen LogP contribution in [0.3, 0.4) is 0 Å². The number of nitrogens with one attached hydrogen (secondary N) is 2. The van der Waals surface area contributed by atoms with Gasteiger partial charge in [-0.25, -0.2) is 4.99 Å². The second-order valence-corrected chi connectivity index (χ2v) is 6.47. The number of aliphatic imine (C=N–C) groups is 1. The summed E-state index contributed by atoms with van der Waals surface area (Å²) >= 11 is 0. The van der Waals surface area contributed by atoms with Crippen LogP contribution in [0.4, 0.5) is 0 Å². The molecule has 166 valence electrons. The lowest BCUT2D eigenvalue weighted by atomic mass is 10.1. The van der Waals surface area contributed by atoms with Crippen molar-refractivity contribution in [2.24, 2.45) is 4.99 Å². The van der Waals surface area contributed by atoms with Gasteiger partial charge in [0.2, 0.25) is 0 Å². The van der Waals surface area contributed by atoms with Gasteiger partial charge in [0.05, 0.1) is 27.4 Å². The van der Waals surface area contributed by atoms with Gasteiger partial charge in [0, 0.05) is 19.7 Å². The molecule has 0 amide bonds. The van der Waals surface area contributed by atoms with Crippen LogP contribution in [0, 0.1) is 0 Å². The van der Waals surface area contributed by atoms with E-state index in [2.05, 4.69) is 35.8 Å². The van der Waals surface area contributed by atoms with Gasteiger partial charge in [0.25, 0.3) is 0 Å². The van der Waals surface area contributed by atoms with Crippen LogP contribution in [0.5, 0.6) is 11.5 Å². The number of hydrogen-bond acceptors (Lipinski definition) is 4. The van der Waals surface area contributed by atoms with E-state index in [1.807, 2.05) is 31.2 Å². The number of methoxy groups -OCH3 is 2. The fraction of sp³-hybridized carbons (Fsp3) is 0.435. The molecule has 2 N–H and O–H groups in total. The van der Waals surface area contributed by atoms with Gasteiger partial charge in [-0.15, -0.1) is 24.0 Å². The van der Waals surface area contributed by atoms with Crippen LogP contribution >= 0.6 is 24.0 Å². The van der Waals surface area contributed by atoms with Crippen molar-refractivity contribution in [1.29, 1.82) is 0 Å². The molecule has 6 nitrogen and oxygen atoms in total. The van der Waals surface area contributed by atoms with E-state index in [4.69, 9.17) is 19.2 Å². The van der Waals surface area contributed by atoms with Crippen LogP contribution < -0.4 is 20.1 Å². The third-order valence-electron chi connectivity index (χ3n) is 4.49. The average Bonchev–Trinajstić information content (AvgIpc) is 2.76. The van der Waals surface area contributed by atoms with Crippen molar-refractivity contribution in [2.75, 3.05) is 33.9 Å². The Morgan fingerprint density at radius 2 is 1.67 bits per heavy atom. The lowest BCUT2D eigenvalue weighted by molar-refractivity contribution is 0.133. The van der Waals surface area contributed by atoms with Gasteiger partial charge in [-0.1, -0.05) is 30.3 Å². The molecule has 0 bridgehead atoms. The van der Waals surface area contributed by atoms with Gasteiger partial charge in [-0.05, 0) is 49.1 Å². The summed E-state index contributed by atoms with van der Waals surface area (Å²) in [6.45, 7) is 7.57. The molecule has 0 aromatic heterocycles. The van der Waals surface area contributed by atoms with Gasteiger partial charge >= 0.3 is 0 Å². The predicted molar refractivity (Wildman–Crippen MR) is 133 cm³/mol. The highest BCUT2D eigenvalue weighted by atomic mass is 127. The minimum absolute atomic E-state index is 0. The van der Waals surface area contributed by atoms with Crippen LogP contribution in [-0.4, -0.2) is 39.9 Å². The number of rotatable bonds is 11. The SMILES string of the molecule is CCNC(=NCc1ccccc1COCC)NCCc1ccc(OC)c(OC)c1.I. The summed E-state index contributed by atoms with van der Waals surface area (Å²) in [7, 11) is 3.30. The summed E-state index contributed by atoms with van der Waals surface area (Å²) in [5.74, 6) is 2.29. The van der Waals surface area contributed by atoms with Gasteiger partial charge < -0.3 is 24.8 Å². The van der Waals surface area contributed by atoms with E-state index in [0.29, 0.717) is 19.8 Å². The number of hydrogen-bond donors (Lipinski definition) is 2. The van der Waals surface area contributed by atoms with Crippen LogP contribution in [0.25, 0.3) is 0 Å². The smallest absolute Gasteiger partial charge is 0.191 e. The zero-order valence-corrected chi connectivity index (χ0v) is 20.7. The number of halogens is 1. The van der Waals surface area contributed by atoms with Crippen LogP contribution in [0.1, 0.15) is 30.5 Å². The molecule has 0 saturated carbocycles. The average molecular weight is 527 g/mol. The van der Waals surface area contributed by atoms with E-state index in [1.165, 1.54) is 16.7 Å². The van der Waals surface area contributed by atoms with Crippen molar-refractivity contribution in [1.82, 2.24) is 10.6 Å². The topological polar surface area (TPSA) is 64.1 Å². The molecule has 0 aliphatic heterocycles. The van der Waals surface area contributed by atoms with Crippen molar-refractivity contribution < 1.29 is 14.2 Å². The molecule has 0 atom stereocenters. The molecule has 0 aliphatic carbocycles. The minimum Gasteiger partial charge on any atom is -0.493 e. The molecule has 0 radical (unpaired) electrons. The molecule has 0 unspecified atom stereocenters. The Kier molecular flexibility index (Phi) is 12.9. The first-order valence-electron chi connectivity index (χ1n) is 10.1. The largest absolute Gasteiger partial charge is 0.493 e. The number of ether oxygens (including phenoxy) is 3. The maximum Gasteiger partial charge on any atom is 0.191 e. The molecule has 0 saturated heterocycles. The summed E-state index contributed by atoms with van der Waals surface area (Å²) in [5.41, 5.74) is 3.53. The highest BCUT2D eigenvalue weighted by Crippen LogP contribution is 2.27. The first kappa shape index (κ1) is 26.0. The quantitative estimate of drug-likeness (QED) is 0.261. The van der Waals surface area contributed by atoms with E-state index >= 15 is 0 Å². The number of guanidine groups is 1. The zero-order chi connectivity index (χ0) is 20.9. The van der Waals surface area contributed by atoms with E-state index in [-0.39, 0.29) is 24.0 Å². The summed E-state index contributed by atoms with van der Waals surface area (Å²) in [5, 5.41) is 6.71. The van der Waals surface area contributed by atoms with E-state index in [1.54, 1.807) is 14.2 Å². The van der Waals surface area contributed by atoms with Crippen molar-refractivity contribution in [3.05, 3.63) is 59.2 Å². The molecule has 0 aliphatic rings.